The van der Waals surface area contributed by atoms with E-state index in [4.69, 9.17) is 14.2 Å². The van der Waals surface area contributed by atoms with Gasteiger partial charge in [0.2, 0.25) is 15.9 Å². The van der Waals surface area contributed by atoms with Crippen LogP contribution in [0.25, 0.3) is 0 Å². The monoisotopic (exact) mass is 436 g/mol. The number of sulfonamides is 1. The van der Waals surface area contributed by atoms with Crippen molar-refractivity contribution in [2.75, 3.05) is 39.7 Å². The topological polar surface area (TPSA) is 111 Å². The molecular weight excluding hydrogens is 412 g/mol. The fourth-order valence-corrected chi connectivity index (χ4v) is 3.73. The Morgan fingerprint density at radius 3 is 2.37 bits per heavy atom. The van der Waals surface area contributed by atoms with E-state index in [1.807, 2.05) is 0 Å². The van der Waals surface area contributed by atoms with Crippen LogP contribution in [0.2, 0.25) is 0 Å². The molecule has 0 saturated heterocycles. The fourth-order valence-electron chi connectivity index (χ4n) is 2.58. The predicted octanol–water partition coefficient (Wildman–Crippen LogP) is 2.14. The van der Waals surface area contributed by atoms with E-state index in [0.717, 1.165) is 4.31 Å². The molecule has 162 valence electrons. The van der Waals surface area contributed by atoms with Crippen molar-refractivity contribution in [2.24, 2.45) is 0 Å². The highest BCUT2D eigenvalue weighted by Gasteiger charge is 2.24. The van der Waals surface area contributed by atoms with Crippen LogP contribution in [0.1, 0.15) is 17.3 Å². The van der Waals surface area contributed by atoms with E-state index in [0.29, 0.717) is 11.4 Å². The van der Waals surface area contributed by atoms with E-state index >= 15 is 0 Å². The number of anilines is 1. The first kappa shape index (κ1) is 23.2. The molecule has 0 bridgehead atoms. The van der Waals surface area contributed by atoms with Crippen molar-refractivity contribution in [3.63, 3.8) is 0 Å². The van der Waals surface area contributed by atoms with Gasteiger partial charge in [-0.15, -0.1) is 0 Å². The average molecular weight is 436 g/mol. The molecule has 2 rings (SSSR count). The number of carbonyl (C=O) groups is 2. The molecule has 0 fully saturated rings. The standard InChI is InChI=1S/C20H24N2O7S/c1-5-29-20(24)14-7-6-8-15(11-14)21-19(23)13-22(2)30(25,26)16-9-10-17(27-3)18(12-16)28-4/h6-12H,5,13H2,1-4H3,(H,21,23). The number of ether oxygens (including phenoxy) is 3. The summed E-state index contributed by atoms with van der Waals surface area (Å²) in [6.45, 7) is 1.49. The molecule has 2 aromatic carbocycles. The van der Waals surface area contributed by atoms with Gasteiger partial charge in [0.15, 0.2) is 11.5 Å². The number of likely N-dealkylation sites (N-methyl/N-ethyl adjacent to an activating group) is 1. The van der Waals surface area contributed by atoms with E-state index in [9.17, 15) is 18.0 Å². The number of nitrogens with zero attached hydrogens (tertiary/aromatic N) is 1. The van der Waals surface area contributed by atoms with E-state index in [2.05, 4.69) is 5.32 Å². The second kappa shape index (κ2) is 10.1. The summed E-state index contributed by atoms with van der Waals surface area (Å²) in [4.78, 5) is 24.1. The van der Waals surface area contributed by atoms with E-state index in [1.54, 1.807) is 25.1 Å². The van der Waals surface area contributed by atoms with Crippen molar-refractivity contribution >= 4 is 27.6 Å². The Balaban J connectivity index is 2.11. The van der Waals surface area contributed by atoms with Gasteiger partial charge in [-0.2, -0.15) is 4.31 Å². The summed E-state index contributed by atoms with van der Waals surface area (Å²) in [6, 6.07) is 10.4. The maximum absolute atomic E-state index is 12.8. The molecule has 0 heterocycles. The number of methoxy groups -OCH3 is 2. The average Bonchev–Trinajstić information content (AvgIpc) is 2.73. The number of benzene rings is 2. The molecule has 9 nitrogen and oxygen atoms in total. The third-order valence-corrected chi connectivity index (χ3v) is 5.89. The van der Waals surface area contributed by atoms with Crippen molar-refractivity contribution in [1.82, 2.24) is 4.31 Å². The molecule has 0 unspecified atom stereocenters. The van der Waals surface area contributed by atoms with Crippen molar-refractivity contribution in [2.45, 2.75) is 11.8 Å². The molecule has 2 aromatic rings. The lowest BCUT2D eigenvalue weighted by atomic mass is 10.2. The molecule has 10 heteroatoms. The summed E-state index contributed by atoms with van der Waals surface area (Å²) >= 11 is 0. The first-order valence-electron chi connectivity index (χ1n) is 8.98. The largest absolute Gasteiger partial charge is 0.493 e. The van der Waals surface area contributed by atoms with Crippen molar-refractivity contribution in [3.8, 4) is 11.5 Å². The zero-order valence-corrected chi connectivity index (χ0v) is 18.0. The third kappa shape index (κ3) is 5.49. The molecule has 1 N–H and O–H groups in total. The number of carbonyl (C=O) groups excluding carboxylic acids is 2. The van der Waals surface area contributed by atoms with Gasteiger partial charge < -0.3 is 19.5 Å². The first-order valence-corrected chi connectivity index (χ1v) is 10.4. The highest BCUT2D eigenvalue weighted by molar-refractivity contribution is 7.89. The summed E-state index contributed by atoms with van der Waals surface area (Å²) < 4.78 is 41.7. The number of rotatable bonds is 9. The quantitative estimate of drug-likeness (QED) is 0.600. The van der Waals surface area contributed by atoms with Gasteiger partial charge in [0, 0.05) is 18.8 Å². The Bertz CT molecular complexity index is 1020. The van der Waals surface area contributed by atoms with E-state index in [-0.39, 0.29) is 22.8 Å². The minimum absolute atomic E-state index is 0.0419. The highest BCUT2D eigenvalue weighted by atomic mass is 32.2. The van der Waals surface area contributed by atoms with Gasteiger partial charge in [-0.25, -0.2) is 13.2 Å². The number of amides is 1. The van der Waals surface area contributed by atoms with Crippen LogP contribution in [0, 0.1) is 0 Å². The Hall–Kier alpha value is -3.11. The van der Waals surface area contributed by atoms with Crippen LogP contribution in [-0.2, 0) is 19.6 Å². The maximum atomic E-state index is 12.8. The summed E-state index contributed by atoms with van der Waals surface area (Å²) in [7, 11) is 0.185. The molecule has 0 aliphatic heterocycles. The van der Waals surface area contributed by atoms with Crippen LogP contribution in [0.4, 0.5) is 5.69 Å². The first-order chi connectivity index (χ1) is 14.2. The number of hydrogen-bond donors (Lipinski definition) is 1. The molecule has 30 heavy (non-hydrogen) atoms. The Labute approximate surface area is 175 Å². The highest BCUT2D eigenvalue weighted by Crippen LogP contribution is 2.30. The normalized spacial score (nSPS) is 11.1. The Morgan fingerprint density at radius 2 is 1.73 bits per heavy atom. The minimum Gasteiger partial charge on any atom is -0.493 e. The number of esters is 1. The molecule has 0 aliphatic rings. The minimum atomic E-state index is -3.95. The van der Waals surface area contributed by atoms with E-state index < -0.39 is 28.4 Å². The molecule has 0 saturated carbocycles. The fraction of sp³-hybridized carbons (Fsp3) is 0.300. The second-order valence-electron chi connectivity index (χ2n) is 6.13. The maximum Gasteiger partial charge on any atom is 0.338 e. The zero-order valence-electron chi connectivity index (χ0n) is 17.2. The molecule has 0 aromatic heterocycles. The summed E-state index contributed by atoms with van der Waals surface area (Å²) in [5.41, 5.74) is 0.628. The van der Waals surface area contributed by atoms with Crippen molar-refractivity contribution in [1.29, 1.82) is 0 Å². The van der Waals surface area contributed by atoms with Gasteiger partial charge in [-0.3, -0.25) is 4.79 Å². The van der Waals surface area contributed by atoms with Crippen LogP contribution in [0.5, 0.6) is 11.5 Å². The van der Waals surface area contributed by atoms with Gasteiger partial charge in [0.1, 0.15) is 0 Å². The van der Waals surface area contributed by atoms with Crippen LogP contribution < -0.4 is 14.8 Å². The van der Waals surface area contributed by atoms with Crippen molar-refractivity contribution in [3.05, 3.63) is 48.0 Å². The number of nitrogens with one attached hydrogen (secondary N) is 1. The smallest absolute Gasteiger partial charge is 0.338 e. The van der Waals surface area contributed by atoms with Gasteiger partial charge in [0.05, 0.1) is 37.8 Å². The third-order valence-electron chi connectivity index (χ3n) is 4.09. The molecule has 0 radical (unpaired) electrons. The van der Waals surface area contributed by atoms with Gasteiger partial charge in [-0.05, 0) is 37.3 Å². The van der Waals surface area contributed by atoms with Gasteiger partial charge >= 0.3 is 5.97 Å². The molecule has 0 aliphatic carbocycles. The van der Waals surface area contributed by atoms with Crippen LogP contribution in [0.15, 0.2) is 47.4 Å². The lowest BCUT2D eigenvalue weighted by Gasteiger charge is -2.18. The second-order valence-corrected chi connectivity index (χ2v) is 8.17. The molecule has 0 spiro atoms. The lowest BCUT2D eigenvalue weighted by molar-refractivity contribution is -0.116. The molecule has 0 atom stereocenters. The number of hydrogen-bond acceptors (Lipinski definition) is 7. The molecule has 1 amide bonds. The summed E-state index contributed by atoms with van der Waals surface area (Å²) in [6.07, 6.45) is 0. The summed E-state index contributed by atoms with van der Waals surface area (Å²) in [5, 5.41) is 2.58. The Kier molecular flexibility index (Phi) is 7.79. The van der Waals surface area contributed by atoms with Crippen LogP contribution in [0.3, 0.4) is 0 Å². The lowest BCUT2D eigenvalue weighted by Crippen LogP contribution is -2.35. The van der Waals surface area contributed by atoms with Gasteiger partial charge in [0.25, 0.3) is 0 Å². The van der Waals surface area contributed by atoms with Crippen molar-refractivity contribution < 1.29 is 32.2 Å². The SMILES string of the molecule is CCOC(=O)c1cccc(NC(=O)CN(C)S(=O)(=O)c2ccc(OC)c(OC)c2)c1. The van der Waals surface area contributed by atoms with E-state index in [1.165, 1.54) is 45.5 Å². The zero-order chi connectivity index (χ0) is 22.3. The van der Waals surface area contributed by atoms with Crippen LogP contribution in [-0.4, -0.2) is 59.0 Å². The molecular formula is C20H24N2O7S. The Morgan fingerprint density at radius 1 is 1.03 bits per heavy atom. The van der Waals surface area contributed by atoms with Gasteiger partial charge in [-0.1, -0.05) is 6.07 Å². The predicted molar refractivity (Wildman–Crippen MR) is 110 cm³/mol. The summed E-state index contributed by atoms with van der Waals surface area (Å²) in [5.74, 6) is -0.435. The van der Waals surface area contributed by atoms with Crippen LogP contribution >= 0.6 is 0 Å².